The molecule has 27 heavy (non-hydrogen) atoms. The lowest BCUT2D eigenvalue weighted by atomic mass is 9.96. The maximum absolute atomic E-state index is 11.8. The monoisotopic (exact) mass is 496 g/mol. The minimum Gasteiger partial charge on any atom is -0.369 e. The minimum absolute atomic E-state index is 0. The molecule has 0 aromatic rings. The van der Waals surface area contributed by atoms with Gasteiger partial charge in [0.25, 0.3) is 0 Å². The van der Waals surface area contributed by atoms with E-state index in [1.165, 1.54) is 0 Å². The van der Waals surface area contributed by atoms with E-state index in [1.54, 1.807) is 7.05 Å². The van der Waals surface area contributed by atoms with Crippen LogP contribution in [0.2, 0.25) is 0 Å². The number of aliphatic imine (C=N–C) groups is 1. The van der Waals surface area contributed by atoms with Gasteiger partial charge >= 0.3 is 0 Å². The fraction of sp³-hybridized carbons (Fsp3) is 0.833. The summed E-state index contributed by atoms with van der Waals surface area (Å²) in [6, 6.07) is 0. The second-order valence-electron chi connectivity index (χ2n) is 7.88. The Kier molecular flexibility index (Phi) is 12.6. The zero-order valence-corrected chi connectivity index (χ0v) is 19.5. The average Bonchev–Trinajstić information content (AvgIpc) is 2.56. The molecule has 1 aliphatic rings. The van der Waals surface area contributed by atoms with Gasteiger partial charge in [0.15, 0.2) is 5.96 Å². The Morgan fingerprint density at radius 1 is 1.15 bits per heavy atom. The normalized spacial score (nSPS) is 16.4. The van der Waals surface area contributed by atoms with E-state index in [1.807, 2.05) is 20.8 Å². The van der Waals surface area contributed by atoms with Crippen molar-refractivity contribution in [3.63, 3.8) is 0 Å². The van der Waals surface area contributed by atoms with Gasteiger partial charge in [-0.2, -0.15) is 0 Å². The fourth-order valence-electron chi connectivity index (χ4n) is 2.96. The fourth-order valence-corrected chi connectivity index (χ4v) is 2.96. The SMILES string of the molecule is CN=C(NCCCCN1CCC(C(N)=O)CC1)NCC(=O)NC(C)(C)C.I. The molecule has 0 radical (unpaired) electrons. The number of amides is 2. The van der Waals surface area contributed by atoms with E-state index in [0.29, 0.717) is 5.96 Å². The van der Waals surface area contributed by atoms with Gasteiger partial charge in [-0.15, -0.1) is 24.0 Å². The molecule has 1 fully saturated rings. The first-order chi connectivity index (χ1) is 12.2. The van der Waals surface area contributed by atoms with Crippen LogP contribution in [0, 0.1) is 5.92 Å². The molecule has 0 spiro atoms. The predicted molar refractivity (Wildman–Crippen MR) is 120 cm³/mol. The number of rotatable bonds is 8. The van der Waals surface area contributed by atoms with E-state index >= 15 is 0 Å². The topological polar surface area (TPSA) is 112 Å². The van der Waals surface area contributed by atoms with Crippen molar-refractivity contribution >= 4 is 41.8 Å². The highest BCUT2D eigenvalue weighted by Crippen LogP contribution is 2.16. The molecule has 5 N–H and O–H groups in total. The Balaban J connectivity index is 0.00000676. The lowest BCUT2D eigenvalue weighted by molar-refractivity contribution is -0.123. The number of hydrogen-bond acceptors (Lipinski definition) is 4. The quantitative estimate of drug-likeness (QED) is 0.171. The summed E-state index contributed by atoms with van der Waals surface area (Å²) >= 11 is 0. The van der Waals surface area contributed by atoms with Crippen molar-refractivity contribution in [2.24, 2.45) is 16.6 Å². The van der Waals surface area contributed by atoms with Gasteiger partial charge in [-0.3, -0.25) is 14.6 Å². The number of carbonyl (C=O) groups is 2. The van der Waals surface area contributed by atoms with Crippen molar-refractivity contribution in [1.82, 2.24) is 20.9 Å². The van der Waals surface area contributed by atoms with E-state index in [2.05, 4.69) is 25.8 Å². The van der Waals surface area contributed by atoms with Gasteiger partial charge in [0.2, 0.25) is 11.8 Å². The molecule has 1 rings (SSSR count). The van der Waals surface area contributed by atoms with E-state index < -0.39 is 0 Å². The van der Waals surface area contributed by atoms with Crippen LogP contribution in [-0.2, 0) is 9.59 Å². The van der Waals surface area contributed by atoms with Crippen LogP contribution in [0.25, 0.3) is 0 Å². The third kappa shape index (κ3) is 12.1. The van der Waals surface area contributed by atoms with E-state index in [-0.39, 0.29) is 53.8 Å². The lowest BCUT2D eigenvalue weighted by Gasteiger charge is -2.30. The maximum atomic E-state index is 11.8. The molecule has 0 saturated carbocycles. The van der Waals surface area contributed by atoms with Crippen LogP contribution in [0.5, 0.6) is 0 Å². The number of primary amides is 1. The molecule has 158 valence electrons. The highest BCUT2D eigenvalue weighted by Gasteiger charge is 2.22. The highest BCUT2D eigenvalue weighted by molar-refractivity contribution is 14.0. The number of hydrogen-bond donors (Lipinski definition) is 4. The zero-order chi connectivity index (χ0) is 19.6. The Hall–Kier alpha value is -1.10. The summed E-state index contributed by atoms with van der Waals surface area (Å²) in [4.78, 5) is 29.5. The van der Waals surface area contributed by atoms with Gasteiger partial charge in [-0.1, -0.05) is 0 Å². The standard InChI is InChI=1S/C18H36N6O2.HI/c1-18(2,3)23-15(25)13-22-17(20-4)21-9-5-6-10-24-11-7-14(8-12-24)16(19)26;/h14H,5-13H2,1-4H3,(H2,19,26)(H,23,25)(H2,20,21,22);1H. The van der Waals surface area contributed by atoms with E-state index in [4.69, 9.17) is 5.73 Å². The smallest absolute Gasteiger partial charge is 0.239 e. The molecular formula is C18H37IN6O2. The number of nitrogens with two attached hydrogens (primary N) is 1. The summed E-state index contributed by atoms with van der Waals surface area (Å²) < 4.78 is 0. The van der Waals surface area contributed by atoms with Gasteiger partial charge in [0, 0.05) is 25.0 Å². The molecule has 1 heterocycles. The Labute approximate surface area is 180 Å². The van der Waals surface area contributed by atoms with Crippen molar-refractivity contribution < 1.29 is 9.59 Å². The van der Waals surface area contributed by atoms with Crippen LogP contribution in [-0.4, -0.2) is 68.0 Å². The predicted octanol–water partition coefficient (Wildman–Crippen LogP) is 0.662. The van der Waals surface area contributed by atoms with Crippen molar-refractivity contribution in [2.75, 3.05) is 39.8 Å². The van der Waals surface area contributed by atoms with Crippen molar-refractivity contribution in [2.45, 2.75) is 52.0 Å². The van der Waals surface area contributed by atoms with Crippen LogP contribution in [0.15, 0.2) is 4.99 Å². The molecule has 0 aromatic carbocycles. The molecule has 9 heteroatoms. The highest BCUT2D eigenvalue weighted by atomic mass is 127. The first-order valence-corrected chi connectivity index (χ1v) is 9.48. The van der Waals surface area contributed by atoms with Gasteiger partial charge in [-0.05, 0) is 66.1 Å². The number of guanidine groups is 1. The first-order valence-electron chi connectivity index (χ1n) is 9.48. The summed E-state index contributed by atoms with van der Waals surface area (Å²) in [5.41, 5.74) is 5.12. The molecule has 0 bridgehead atoms. The molecule has 0 atom stereocenters. The molecule has 1 saturated heterocycles. The first kappa shape index (κ1) is 25.9. The number of nitrogens with zero attached hydrogens (tertiary/aromatic N) is 2. The van der Waals surface area contributed by atoms with Gasteiger partial charge < -0.3 is 26.6 Å². The summed E-state index contributed by atoms with van der Waals surface area (Å²) in [5, 5.41) is 9.15. The minimum atomic E-state index is -0.235. The van der Waals surface area contributed by atoms with E-state index in [0.717, 1.165) is 51.9 Å². The lowest BCUT2D eigenvalue weighted by Crippen LogP contribution is -2.48. The maximum Gasteiger partial charge on any atom is 0.239 e. The summed E-state index contributed by atoms with van der Waals surface area (Å²) in [6.45, 7) is 9.80. The number of unbranched alkanes of at least 4 members (excludes halogenated alkanes) is 1. The Morgan fingerprint density at radius 3 is 2.30 bits per heavy atom. The van der Waals surface area contributed by atoms with Gasteiger partial charge in [-0.25, -0.2) is 0 Å². The summed E-state index contributed by atoms with van der Waals surface area (Å²) in [6.07, 6.45) is 3.85. The van der Waals surface area contributed by atoms with Crippen LogP contribution in [0.1, 0.15) is 46.5 Å². The molecule has 0 aromatic heterocycles. The van der Waals surface area contributed by atoms with Crippen molar-refractivity contribution in [1.29, 1.82) is 0 Å². The number of likely N-dealkylation sites (tertiary alicyclic amines) is 1. The molecule has 8 nitrogen and oxygen atoms in total. The van der Waals surface area contributed by atoms with Gasteiger partial charge in [0.1, 0.15) is 0 Å². The second-order valence-corrected chi connectivity index (χ2v) is 7.88. The van der Waals surface area contributed by atoms with Crippen LogP contribution < -0.4 is 21.7 Å². The van der Waals surface area contributed by atoms with Gasteiger partial charge in [0.05, 0.1) is 6.54 Å². The summed E-state index contributed by atoms with van der Waals surface area (Å²) in [7, 11) is 1.69. The van der Waals surface area contributed by atoms with Crippen molar-refractivity contribution in [3.8, 4) is 0 Å². The van der Waals surface area contributed by atoms with Crippen molar-refractivity contribution in [3.05, 3.63) is 0 Å². The Morgan fingerprint density at radius 2 is 1.78 bits per heavy atom. The molecular weight excluding hydrogens is 459 g/mol. The number of piperidine rings is 1. The average molecular weight is 496 g/mol. The van der Waals surface area contributed by atoms with Crippen LogP contribution >= 0.6 is 24.0 Å². The largest absolute Gasteiger partial charge is 0.369 e. The zero-order valence-electron chi connectivity index (χ0n) is 17.1. The summed E-state index contributed by atoms with van der Waals surface area (Å²) in [5.74, 6) is 0.470. The Bertz CT molecular complexity index is 485. The molecule has 0 aliphatic carbocycles. The molecule has 0 unspecified atom stereocenters. The second kappa shape index (κ2) is 13.1. The van der Waals surface area contributed by atoms with Crippen LogP contribution in [0.3, 0.4) is 0 Å². The van der Waals surface area contributed by atoms with Crippen LogP contribution in [0.4, 0.5) is 0 Å². The molecule has 1 aliphatic heterocycles. The number of nitrogens with one attached hydrogen (secondary N) is 3. The number of halogens is 1. The third-order valence-electron chi connectivity index (χ3n) is 4.34. The third-order valence-corrected chi connectivity index (χ3v) is 4.34. The number of carbonyl (C=O) groups excluding carboxylic acids is 2. The molecule has 2 amide bonds. The van der Waals surface area contributed by atoms with E-state index in [9.17, 15) is 9.59 Å².